The van der Waals surface area contributed by atoms with Gasteiger partial charge in [-0.1, -0.05) is 6.07 Å². The molecule has 1 saturated heterocycles. The fourth-order valence-corrected chi connectivity index (χ4v) is 2.85. The van der Waals surface area contributed by atoms with Crippen molar-refractivity contribution >= 4 is 11.6 Å². The molecule has 1 aliphatic rings. The van der Waals surface area contributed by atoms with Crippen LogP contribution in [-0.4, -0.2) is 54.1 Å². The molecule has 0 N–H and O–H groups in total. The lowest BCUT2D eigenvalue weighted by Gasteiger charge is -2.38. The Hall–Kier alpha value is -3.57. The molecule has 160 valence electrons. The van der Waals surface area contributed by atoms with Gasteiger partial charge in [-0.15, -0.1) is 0 Å². The van der Waals surface area contributed by atoms with Gasteiger partial charge in [-0.3, -0.25) is 14.9 Å². The predicted molar refractivity (Wildman–Crippen MR) is 95.8 cm³/mol. The third-order valence-corrected chi connectivity index (χ3v) is 4.37. The molecule has 9 nitrogen and oxygen atoms in total. The Balaban J connectivity index is 1.72. The van der Waals surface area contributed by atoms with E-state index in [1.54, 1.807) is 0 Å². The van der Waals surface area contributed by atoms with Crippen molar-refractivity contribution in [3.05, 3.63) is 51.7 Å². The number of nitrogens with zero attached hydrogens (tertiary/aromatic N) is 3. The van der Waals surface area contributed by atoms with Gasteiger partial charge >= 0.3 is 6.18 Å². The number of alkyl halides is 3. The standard InChI is InChI=1S/C18H16F3N3O6/c1-28-13-6-11(12(24(26)27)7-14(13)29-2)17(25)23-8-10(9-23)30-16-5-3-4-15(22-16)18(19,20)21/h3-7,10H,8-9H2,1-2H3. The number of aromatic nitrogens is 1. The summed E-state index contributed by atoms with van der Waals surface area (Å²) in [5.41, 5.74) is -1.75. The number of benzene rings is 1. The number of nitro benzene ring substituents is 1. The summed E-state index contributed by atoms with van der Waals surface area (Å²) < 4.78 is 53.7. The zero-order chi connectivity index (χ0) is 22.1. The van der Waals surface area contributed by atoms with Gasteiger partial charge in [0.2, 0.25) is 5.88 Å². The van der Waals surface area contributed by atoms with Crippen molar-refractivity contribution in [3.63, 3.8) is 0 Å². The van der Waals surface area contributed by atoms with Crippen molar-refractivity contribution in [2.24, 2.45) is 0 Å². The summed E-state index contributed by atoms with van der Waals surface area (Å²) in [6.45, 7) is 0.0600. The van der Waals surface area contributed by atoms with Gasteiger partial charge in [0.05, 0.1) is 38.3 Å². The van der Waals surface area contributed by atoms with E-state index in [1.165, 1.54) is 37.3 Å². The fourth-order valence-electron chi connectivity index (χ4n) is 2.85. The Labute approximate surface area is 168 Å². The molecule has 0 atom stereocenters. The molecule has 2 aromatic rings. The van der Waals surface area contributed by atoms with Gasteiger partial charge in [-0.25, -0.2) is 4.98 Å². The topological polar surface area (TPSA) is 104 Å². The third-order valence-electron chi connectivity index (χ3n) is 4.37. The minimum Gasteiger partial charge on any atom is -0.493 e. The number of amides is 1. The van der Waals surface area contributed by atoms with E-state index in [0.29, 0.717) is 0 Å². The first kappa shape index (κ1) is 21.1. The molecular formula is C18H16F3N3O6. The van der Waals surface area contributed by atoms with Gasteiger partial charge < -0.3 is 19.1 Å². The molecule has 0 unspecified atom stereocenters. The van der Waals surface area contributed by atoms with Gasteiger partial charge in [-0.05, 0) is 6.07 Å². The Morgan fingerprint density at radius 1 is 1.20 bits per heavy atom. The summed E-state index contributed by atoms with van der Waals surface area (Å²) in [5, 5.41) is 11.4. The molecule has 1 fully saturated rings. The smallest absolute Gasteiger partial charge is 0.433 e. The normalized spacial score (nSPS) is 14.1. The Morgan fingerprint density at radius 2 is 1.83 bits per heavy atom. The maximum atomic E-state index is 12.7. The summed E-state index contributed by atoms with van der Waals surface area (Å²) in [4.78, 5) is 28.0. The zero-order valence-electron chi connectivity index (χ0n) is 15.8. The molecular weight excluding hydrogens is 411 g/mol. The first-order valence-electron chi connectivity index (χ1n) is 8.54. The number of halogens is 3. The molecule has 0 aliphatic carbocycles. The first-order valence-corrected chi connectivity index (χ1v) is 8.54. The number of carbonyl (C=O) groups excluding carboxylic acids is 1. The monoisotopic (exact) mass is 427 g/mol. The number of ether oxygens (including phenoxy) is 3. The summed E-state index contributed by atoms with van der Waals surface area (Å²) in [7, 11) is 2.63. The van der Waals surface area contributed by atoms with Gasteiger partial charge in [-0.2, -0.15) is 13.2 Å². The molecule has 3 rings (SSSR count). The quantitative estimate of drug-likeness (QED) is 0.516. The van der Waals surface area contributed by atoms with Crippen molar-refractivity contribution < 1.29 is 37.1 Å². The van der Waals surface area contributed by atoms with E-state index in [-0.39, 0.29) is 36.0 Å². The van der Waals surface area contributed by atoms with Crippen molar-refractivity contribution in [1.29, 1.82) is 0 Å². The van der Waals surface area contributed by atoms with Crippen molar-refractivity contribution in [2.75, 3.05) is 27.3 Å². The van der Waals surface area contributed by atoms with Gasteiger partial charge in [0, 0.05) is 12.1 Å². The molecule has 2 heterocycles. The van der Waals surface area contributed by atoms with Crippen LogP contribution in [0, 0.1) is 10.1 Å². The lowest BCUT2D eigenvalue weighted by atomic mass is 10.1. The largest absolute Gasteiger partial charge is 0.493 e. The fraction of sp³-hybridized carbons (Fsp3) is 0.333. The van der Waals surface area contributed by atoms with E-state index in [1.807, 2.05) is 0 Å². The predicted octanol–water partition coefficient (Wildman–Crippen LogP) is 2.93. The van der Waals surface area contributed by atoms with Crippen LogP contribution in [0.3, 0.4) is 0 Å². The van der Waals surface area contributed by atoms with E-state index in [9.17, 15) is 28.1 Å². The second-order valence-electron chi connectivity index (χ2n) is 6.29. The molecule has 1 aliphatic heterocycles. The number of methoxy groups -OCH3 is 2. The molecule has 0 radical (unpaired) electrons. The van der Waals surface area contributed by atoms with Crippen LogP contribution >= 0.6 is 0 Å². The molecule has 0 saturated carbocycles. The van der Waals surface area contributed by atoms with Crippen LogP contribution < -0.4 is 14.2 Å². The highest BCUT2D eigenvalue weighted by Crippen LogP contribution is 2.36. The summed E-state index contributed by atoms with van der Waals surface area (Å²) in [6.07, 6.45) is -5.20. The SMILES string of the molecule is COc1cc(C(=O)N2CC(Oc3cccc(C(F)(F)F)n3)C2)c([N+](=O)[O-])cc1OC. The summed E-state index contributed by atoms with van der Waals surface area (Å²) >= 11 is 0. The van der Waals surface area contributed by atoms with Crippen LogP contribution in [0.4, 0.5) is 18.9 Å². The molecule has 30 heavy (non-hydrogen) atoms. The second kappa shape index (κ2) is 8.05. The Kier molecular flexibility index (Phi) is 5.67. The van der Waals surface area contributed by atoms with E-state index in [0.717, 1.165) is 12.1 Å². The average Bonchev–Trinajstić information content (AvgIpc) is 2.68. The lowest BCUT2D eigenvalue weighted by molar-refractivity contribution is -0.385. The van der Waals surface area contributed by atoms with Crippen LogP contribution in [0.15, 0.2) is 30.3 Å². The molecule has 0 spiro atoms. The summed E-state index contributed by atoms with van der Waals surface area (Å²) in [5.74, 6) is -0.618. The van der Waals surface area contributed by atoms with Crippen LogP contribution in [0.2, 0.25) is 0 Å². The number of carbonyl (C=O) groups is 1. The second-order valence-corrected chi connectivity index (χ2v) is 6.29. The minimum atomic E-state index is -4.60. The highest BCUT2D eigenvalue weighted by molar-refractivity contribution is 5.99. The van der Waals surface area contributed by atoms with Crippen molar-refractivity contribution in [2.45, 2.75) is 12.3 Å². The first-order chi connectivity index (χ1) is 14.1. The number of rotatable bonds is 6. The van der Waals surface area contributed by atoms with Gasteiger partial charge in [0.15, 0.2) is 11.5 Å². The summed E-state index contributed by atoms with van der Waals surface area (Å²) in [6, 6.07) is 5.56. The number of hydrogen-bond acceptors (Lipinski definition) is 7. The van der Waals surface area contributed by atoms with Crippen molar-refractivity contribution in [3.8, 4) is 17.4 Å². The van der Waals surface area contributed by atoms with E-state index in [4.69, 9.17) is 14.2 Å². The van der Waals surface area contributed by atoms with E-state index in [2.05, 4.69) is 4.98 Å². The molecule has 1 aromatic carbocycles. The molecule has 0 bridgehead atoms. The van der Waals surface area contributed by atoms with Crippen LogP contribution in [0.1, 0.15) is 16.1 Å². The van der Waals surface area contributed by atoms with Crippen LogP contribution in [0.25, 0.3) is 0 Å². The van der Waals surface area contributed by atoms with Gasteiger partial charge in [0.1, 0.15) is 17.4 Å². The number of likely N-dealkylation sites (tertiary alicyclic amines) is 1. The Bertz CT molecular complexity index is 976. The van der Waals surface area contributed by atoms with Crippen molar-refractivity contribution in [1.82, 2.24) is 9.88 Å². The highest BCUT2D eigenvalue weighted by Gasteiger charge is 2.37. The van der Waals surface area contributed by atoms with E-state index < -0.39 is 34.5 Å². The maximum absolute atomic E-state index is 12.7. The third kappa shape index (κ3) is 4.21. The number of pyridine rings is 1. The highest BCUT2D eigenvalue weighted by atomic mass is 19.4. The van der Waals surface area contributed by atoms with E-state index >= 15 is 0 Å². The molecule has 1 amide bonds. The van der Waals surface area contributed by atoms with Gasteiger partial charge in [0.25, 0.3) is 11.6 Å². The maximum Gasteiger partial charge on any atom is 0.433 e. The zero-order valence-corrected chi connectivity index (χ0v) is 15.8. The molecule has 1 aromatic heterocycles. The van der Waals surface area contributed by atoms with Crippen LogP contribution in [0.5, 0.6) is 17.4 Å². The molecule has 12 heteroatoms. The average molecular weight is 427 g/mol. The Morgan fingerprint density at radius 3 is 2.40 bits per heavy atom. The van der Waals surface area contributed by atoms with Crippen LogP contribution in [-0.2, 0) is 6.18 Å². The minimum absolute atomic E-state index is 0.0300. The number of hydrogen-bond donors (Lipinski definition) is 0. The lowest BCUT2D eigenvalue weighted by Crippen LogP contribution is -2.56. The number of nitro groups is 1.